The highest BCUT2D eigenvalue weighted by molar-refractivity contribution is 5.93. The molecule has 1 rings (SSSR count). The van der Waals surface area contributed by atoms with Gasteiger partial charge in [0.05, 0.1) is 0 Å². The number of hydrogen-bond donors (Lipinski definition) is 2. The molecule has 1 aromatic heterocycles. The number of hydrogen-bond acceptors (Lipinski definition) is 4. The second-order valence-electron chi connectivity index (χ2n) is 3.54. The summed E-state index contributed by atoms with van der Waals surface area (Å²) >= 11 is 0. The molecule has 0 spiro atoms. The number of rotatable bonds is 4. The van der Waals surface area contributed by atoms with Crippen molar-refractivity contribution in [3.8, 4) is 0 Å². The normalized spacial score (nSPS) is 10.3. The molecule has 0 saturated carbocycles. The Morgan fingerprint density at radius 3 is 2.53 bits per heavy atom. The molecular weight excluding hydrogens is 224 g/mol. The van der Waals surface area contributed by atoms with Crippen molar-refractivity contribution < 1.29 is 4.79 Å². The van der Waals surface area contributed by atoms with Crippen LogP contribution in [0.2, 0.25) is 0 Å². The van der Waals surface area contributed by atoms with Crippen molar-refractivity contribution in [1.29, 1.82) is 0 Å². The fourth-order valence-electron chi connectivity index (χ4n) is 1.57. The van der Waals surface area contributed by atoms with Gasteiger partial charge >= 0.3 is 5.69 Å². The second kappa shape index (κ2) is 5.44. The molecule has 7 heteroatoms. The van der Waals surface area contributed by atoms with Gasteiger partial charge in [-0.05, 0) is 13.3 Å². The lowest BCUT2D eigenvalue weighted by atomic mass is 10.3. The van der Waals surface area contributed by atoms with Gasteiger partial charge in [0.2, 0.25) is 0 Å². The first kappa shape index (κ1) is 13.2. The predicted molar refractivity (Wildman–Crippen MR) is 62.6 cm³/mol. The third kappa shape index (κ3) is 2.44. The monoisotopic (exact) mass is 240 g/mol. The van der Waals surface area contributed by atoms with Crippen molar-refractivity contribution in [3.63, 3.8) is 0 Å². The molecule has 7 nitrogen and oxygen atoms in total. The molecule has 0 aliphatic carbocycles. The van der Waals surface area contributed by atoms with Crippen molar-refractivity contribution in [2.24, 2.45) is 5.84 Å². The van der Waals surface area contributed by atoms with E-state index >= 15 is 0 Å². The van der Waals surface area contributed by atoms with E-state index in [1.54, 1.807) is 6.92 Å². The molecule has 0 fully saturated rings. The molecule has 0 radical (unpaired) electrons. The molecule has 1 amide bonds. The van der Waals surface area contributed by atoms with Crippen molar-refractivity contribution >= 4 is 5.91 Å². The van der Waals surface area contributed by atoms with Crippen LogP contribution in [-0.4, -0.2) is 15.0 Å². The third-order valence-electron chi connectivity index (χ3n) is 2.39. The van der Waals surface area contributed by atoms with Crippen LogP contribution < -0.4 is 22.5 Å². The highest BCUT2D eigenvalue weighted by atomic mass is 16.2. The smallest absolute Gasteiger partial charge is 0.300 e. The molecule has 0 atom stereocenters. The molecular formula is C10H16N4O3. The fourth-order valence-corrected chi connectivity index (χ4v) is 1.57. The van der Waals surface area contributed by atoms with Crippen LogP contribution in [-0.2, 0) is 13.1 Å². The third-order valence-corrected chi connectivity index (χ3v) is 2.39. The van der Waals surface area contributed by atoms with Crippen LogP contribution in [0.1, 0.15) is 30.6 Å². The minimum Gasteiger partial charge on any atom is -0.300 e. The Kier molecular flexibility index (Phi) is 4.22. The van der Waals surface area contributed by atoms with E-state index in [4.69, 9.17) is 5.84 Å². The zero-order chi connectivity index (χ0) is 13.0. The van der Waals surface area contributed by atoms with E-state index in [9.17, 15) is 14.4 Å². The predicted octanol–water partition coefficient (Wildman–Crippen LogP) is -0.957. The molecule has 0 saturated heterocycles. The lowest BCUT2D eigenvalue weighted by Gasteiger charge is -2.10. The van der Waals surface area contributed by atoms with Crippen LogP contribution in [0, 0.1) is 0 Å². The summed E-state index contributed by atoms with van der Waals surface area (Å²) in [6.45, 7) is 4.23. The van der Waals surface area contributed by atoms with E-state index in [2.05, 4.69) is 0 Å². The number of nitrogen functional groups attached to an aromatic ring is 1. The Morgan fingerprint density at radius 1 is 1.41 bits per heavy atom. The van der Waals surface area contributed by atoms with Gasteiger partial charge in [0, 0.05) is 19.3 Å². The minimum atomic E-state index is -0.693. The van der Waals surface area contributed by atoms with Gasteiger partial charge in [-0.1, -0.05) is 6.92 Å². The Hall–Kier alpha value is -1.89. The Balaban J connectivity index is 3.53. The molecule has 0 unspecified atom stereocenters. The molecule has 0 aliphatic heterocycles. The molecule has 1 aromatic rings. The summed E-state index contributed by atoms with van der Waals surface area (Å²) in [5, 5.41) is 0. The second-order valence-corrected chi connectivity index (χ2v) is 3.54. The first-order valence-corrected chi connectivity index (χ1v) is 5.42. The van der Waals surface area contributed by atoms with Crippen LogP contribution in [0.25, 0.3) is 0 Å². The lowest BCUT2D eigenvalue weighted by Crippen LogP contribution is -2.44. The van der Waals surface area contributed by atoms with Gasteiger partial charge in [0.15, 0.2) is 0 Å². The topological polar surface area (TPSA) is 99.1 Å². The number of nitrogens with two attached hydrogens (primary N) is 1. The molecule has 94 valence electrons. The summed E-state index contributed by atoms with van der Waals surface area (Å²) in [5.74, 6) is 4.30. The van der Waals surface area contributed by atoms with Gasteiger partial charge in [-0.25, -0.2) is 10.6 Å². The maximum absolute atomic E-state index is 11.8. The molecule has 1 heterocycles. The molecule has 0 aromatic carbocycles. The summed E-state index contributed by atoms with van der Waals surface area (Å²) in [7, 11) is 0. The molecule has 3 N–H and O–H groups in total. The zero-order valence-corrected chi connectivity index (χ0v) is 9.90. The number of hydrazine groups is 1. The summed E-state index contributed by atoms with van der Waals surface area (Å²) < 4.78 is 2.36. The van der Waals surface area contributed by atoms with Crippen LogP contribution in [0.5, 0.6) is 0 Å². The van der Waals surface area contributed by atoms with Crippen LogP contribution in [0.4, 0.5) is 0 Å². The van der Waals surface area contributed by atoms with Gasteiger partial charge in [-0.15, -0.1) is 0 Å². The van der Waals surface area contributed by atoms with E-state index in [1.165, 1.54) is 10.8 Å². The minimum absolute atomic E-state index is 0.123. The average molecular weight is 240 g/mol. The quantitative estimate of drug-likeness (QED) is 0.402. The van der Waals surface area contributed by atoms with E-state index in [-0.39, 0.29) is 12.1 Å². The van der Waals surface area contributed by atoms with E-state index in [0.29, 0.717) is 6.54 Å². The van der Waals surface area contributed by atoms with Gasteiger partial charge in [0.25, 0.3) is 11.5 Å². The number of aromatic nitrogens is 2. The number of aryl methyl sites for hydroxylation is 1. The maximum Gasteiger partial charge on any atom is 0.330 e. The number of nitrogens with zero attached hydrogens (tertiary/aromatic N) is 2. The van der Waals surface area contributed by atoms with Crippen molar-refractivity contribution in [2.75, 3.05) is 0 Å². The summed E-state index contributed by atoms with van der Waals surface area (Å²) in [6, 6.07) is 0. The SMILES string of the molecule is CCCn1cc(C(=O)NN)c(=O)n(CC)c1=O. The Labute approximate surface area is 97.8 Å². The van der Waals surface area contributed by atoms with E-state index in [0.717, 1.165) is 11.0 Å². The highest BCUT2D eigenvalue weighted by Gasteiger charge is 2.15. The van der Waals surface area contributed by atoms with Crippen molar-refractivity contribution in [1.82, 2.24) is 14.6 Å². The standard InChI is InChI=1S/C10H16N4O3/c1-3-5-13-6-7(8(15)12-11)9(16)14(4-2)10(13)17/h6H,3-5,11H2,1-2H3,(H,12,15). The molecule has 0 aliphatic rings. The average Bonchev–Trinajstić information content (AvgIpc) is 2.32. The Morgan fingerprint density at radius 2 is 2.06 bits per heavy atom. The molecule has 17 heavy (non-hydrogen) atoms. The fraction of sp³-hybridized carbons (Fsp3) is 0.500. The Bertz CT molecular complexity index is 529. The van der Waals surface area contributed by atoms with Gasteiger partial charge in [-0.2, -0.15) is 0 Å². The maximum atomic E-state index is 11.8. The first-order valence-electron chi connectivity index (χ1n) is 5.42. The van der Waals surface area contributed by atoms with Gasteiger partial charge < -0.3 is 0 Å². The first-order chi connectivity index (χ1) is 8.06. The summed E-state index contributed by atoms with van der Waals surface area (Å²) in [5.41, 5.74) is 0.745. The summed E-state index contributed by atoms with van der Waals surface area (Å²) in [6.07, 6.45) is 1.98. The lowest BCUT2D eigenvalue weighted by molar-refractivity contribution is 0.0950. The largest absolute Gasteiger partial charge is 0.330 e. The number of amides is 1. The van der Waals surface area contributed by atoms with Crippen molar-refractivity contribution in [3.05, 3.63) is 32.6 Å². The van der Waals surface area contributed by atoms with Crippen LogP contribution in [0.3, 0.4) is 0 Å². The molecule has 0 bridgehead atoms. The van der Waals surface area contributed by atoms with Crippen LogP contribution >= 0.6 is 0 Å². The highest BCUT2D eigenvalue weighted by Crippen LogP contribution is 1.91. The van der Waals surface area contributed by atoms with E-state index in [1.807, 2.05) is 12.3 Å². The number of nitrogens with one attached hydrogen (secondary N) is 1. The van der Waals surface area contributed by atoms with Crippen molar-refractivity contribution in [2.45, 2.75) is 33.4 Å². The van der Waals surface area contributed by atoms with Gasteiger partial charge in [-0.3, -0.25) is 24.1 Å². The van der Waals surface area contributed by atoms with Crippen LogP contribution in [0.15, 0.2) is 15.8 Å². The van der Waals surface area contributed by atoms with E-state index < -0.39 is 17.2 Å². The number of carbonyl (C=O) groups excluding carboxylic acids is 1. The number of carbonyl (C=O) groups is 1. The zero-order valence-electron chi connectivity index (χ0n) is 9.90. The van der Waals surface area contributed by atoms with Gasteiger partial charge in [0.1, 0.15) is 5.56 Å². The summed E-state index contributed by atoms with van der Waals surface area (Å²) in [4.78, 5) is 35.1.